The van der Waals surface area contributed by atoms with Gasteiger partial charge in [0.1, 0.15) is 12.4 Å². The maximum Gasteiger partial charge on any atom is 0.419 e. The molecule has 0 N–H and O–H groups in total. The molecule has 1 heterocycles. The average Bonchev–Trinajstić information content (AvgIpc) is 3.46. The Hall–Kier alpha value is -3.01. The number of carbonyl (C=O) groups excluding carboxylic acids is 3. The molecule has 0 amide bonds. The zero-order valence-electron chi connectivity index (χ0n) is 26.3. The molecule has 5 aliphatic carbocycles. The van der Waals surface area contributed by atoms with Gasteiger partial charge in [-0.3, -0.25) is 9.59 Å². The highest BCUT2D eigenvalue weighted by molar-refractivity contribution is 6.04. The molecule has 224 valence electrons. The van der Waals surface area contributed by atoms with Crippen LogP contribution in [0.2, 0.25) is 0 Å². The van der Waals surface area contributed by atoms with Crippen LogP contribution in [0.4, 0.5) is 4.79 Å². The largest absolute Gasteiger partial charge is 0.448 e. The molecule has 1 aromatic heterocycles. The van der Waals surface area contributed by atoms with Gasteiger partial charge in [-0.1, -0.05) is 60.1 Å². The smallest absolute Gasteiger partial charge is 0.419 e. The molecule has 0 aliphatic heterocycles. The average molecular weight is 572 g/mol. The second-order valence-electron chi connectivity index (χ2n) is 16.1. The van der Waals surface area contributed by atoms with Crippen molar-refractivity contribution in [2.75, 3.05) is 6.61 Å². The van der Waals surface area contributed by atoms with Crippen LogP contribution in [0.3, 0.4) is 0 Å². The van der Waals surface area contributed by atoms with Crippen molar-refractivity contribution < 1.29 is 19.1 Å². The molecule has 1 aromatic rings. The number of rotatable bonds is 2. The first-order valence-electron chi connectivity index (χ1n) is 15.6. The second-order valence-corrected chi connectivity index (χ2v) is 16.1. The molecule has 7 atom stereocenters. The van der Waals surface area contributed by atoms with Gasteiger partial charge in [0.05, 0.1) is 12.2 Å². The molecule has 5 aliphatic rings. The lowest BCUT2D eigenvalue weighted by Gasteiger charge is -2.69. The van der Waals surface area contributed by atoms with Crippen molar-refractivity contribution >= 4 is 17.7 Å². The van der Waals surface area contributed by atoms with Crippen LogP contribution in [0.25, 0.3) is 0 Å². The molecule has 0 radical (unpaired) electrons. The first-order chi connectivity index (χ1) is 19.5. The highest BCUT2D eigenvalue weighted by Crippen LogP contribution is 2.74. The summed E-state index contributed by atoms with van der Waals surface area (Å²) >= 11 is 0. The topological polar surface area (TPSA) is 102 Å². The summed E-state index contributed by atoms with van der Waals surface area (Å²) in [5, 5.41) is 9.94. The van der Waals surface area contributed by atoms with E-state index in [1.54, 1.807) is 12.4 Å². The Balaban J connectivity index is 1.44. The Morgan fingerprint density at radius 1 is 1.07 bits per heavy atom. The van der Waals surface area contributed by atoms with Gasteiger partial charge in [-0.25, -0.2) is 14.3 Å². The first-order valence-corrected chi connectivity index (χ1v) is 15.6. The molecular weight excluding hydrogens is 526 g/mol. The minimum Gasteiger partial charge on any atom is -0.448 e. The predicted molar refractivity (Wildman–Crippen MR) is 158 cm³/mol. The van der Waals surface area contributed by atoms with Gasteiger partial charge in [-0.15, -0.1) is 0 Å². The highest BCUT2D eigenvalue weighted by Gasteiger charge is 2.70. The quantitative estimate of drug-likeness (QED) is 0.376. The summed E-state index contributed by atoms with van der Waals surface area (Å²) in [4.78, 5) is 44.7. The normalized spacial score (nSPS) is 41.6. The molecule has 7 nitrogen and oxygen atoms in total. The summed E-state index contributed by atoms with van der Waals surface area (Å²) in [6, 6.07) is 2.19. The van der Waals surface area contributed by atoms with Crippen molar-refractivity contribution in [3.8, 4) is 6.07 Å². The molecule has 6 rings (SSSR count). The van der Waals surface area contributed by atoms with Crippen molar-refractivity contribution in [3.05, 3.63) is 42.0 Å². The lowest BCUT2D eigenvalue weighted by Crippen LogP contribution is -2.65. The van der Waals surface area contributed by atoms with E-state index in [2.05, 4.69) is 45.7 Å². The lowest BCUT2D eigenvalue weighted by atomic mass is 9.34. The lowest BCUT2D eigenvalue weighted by molar-refractivity contribution is -0.177. The van der Waals surface area contributed by atoms with E-state index in [1.807, 2.05) is 26.0 Å². The molecule has 0 aromatic carbocycles. The molecule has 0 saturated heterocycles. The molecule has 7 heteroatoms. The van der Waals surface area contributed by atoms with Crippen molar-refractivity contribution in [1.29, 1.82) is 5.26 Å². The van der Waals surface area contributed by atoms with Crippen LogP contribution in [0, 0.1) is 61.6 Å². The minimum absolute atomic E-state index is 0.0285. The number of allylic oxidation sites excluding steroid dienone is 4. The Kier molecular flexibility index (Phi) is 6.23. The van der Waals surface area contributed by atoms with Crippen LogP contribution in [-0.4, -0.2) is 33.8 Å². The fraction of sp³-hybridized carbons (Fsp3) is 0.686. The number of hydrogen-bond donors (Lipinski definition) is 0. The number of ketones is 2. The Morgan fingerprint density at radius 3 is 2.45 bits per heavy atom. The van der Waals surface area contributed by atoms with Crippen molar-refractivity contribution in [2.24, 2.45) is 50.2 Å². The zero-order valence-corrected chi connectivity index (χ0v) is 26.3. The van der Waals surface area contributed by atoms with E-state index in [4.69, 9.17) is 4.74 Å². The van der Waals surface area contributed by atoms with E-state index in [9.17, 15) is 19.6 Å². The summed E-state index contributed by atoms with van der Waals surface area (Å²) in [5.41, 5.74) is -0.589. The SMILES string of the molecule is CC1(C)CC[C@]2(COC(=O)n3ccnc3)CC[C@]3(C)[C@H](C(=O)C=C4[C@@]5(C)C=C(C#N)C(=O)C(C)(C)[C@@H]5CC[C@]43C)[C@@H]2C1. The summed E-state index contributed by atoms with van der Waals surface area (Å²) < 4.78 is 7.33. The van der Waals surface area contributed by atoms with Crippen molar-refractivity contribution in [1.82, 2.24) is 9.55 Å². The molecule has 42 heavy (non-hydrogen) atoms. The third-order valence-electron chi connectivity index (χ3n) is 13.2. The van der Waals surface area contributed by atoms with Crippen LogP contribution in [0.5, 0.6) is 0 Å². The fourth-order valence-electron chi connectivity index (χ4n) is 10.6. The van der Waals surface area contributed by atoms with Gasteiger partial charge < -0.3 is 4.74 Å². The van der Waals surface area contributed by atoms with Gasteiger partial charge in [-0.05, 0) is 79.1 Å². The summed E-state index contributed by atoms with van der Waals surface area (Å²) in [5.74, 6) is 0.0316. The van der Waals surface area contributed by atoms with Gasteiger partial charge in [0.25, 0.3) is 0 Å². The maximum atomic E-state index is 14.6. The first kappa shape index (κ1) is 29.1. The summed E-state index contributed by atoms with van der Waals surface area (Å²) in [7, 11) is 0. The Bertz CT molecular complexity index is 1460. The summed E-state index contributed by atoms with van der Waals surface area (Å²) in [6.07, 6.45) is 14.5. The minimum atomic E-state index is -0.675. The van der Waals surface area contributed by atoms with Crippen LogP contribution in [0.1, 0.15) is 93.4 Å². The number of nitrogens with zero attached hydrogens (tertiary/aromatic N) is 3. The molecule has 3 saturated carbocycles. The fourth-order valence-corrected chi connectivity index (χ4v) is 10.6. The Morgan fingerprint density at radius 2 is 1.79 bits per heavy atom. The van der Waals surface area contributed by atoms with Gasteiger partial charge in [0, 0.05) is 34.6 Å². The van der Waals surface area contributed by atoms with E-state index in [-0.39, 0.29) is 56.6 Å². The number of aromatic nitrogens is 2. The van der Waals surface area contributed by atoms with Crippen LogP contribution >= 0.6 is 0 Å². The van der Waals surface area contributed by atoms with Crippen LogP contribution in [-0.2, 0) is 14.3 Å². The van der Waals surface area contributed by atoms with E-state index in [0.717, 1.165) is 50.5 Å². The van der Waals surface area contributed by atoms with Crippen molar-refractivity contribution in [2.45, 2.75) is 93.4 Å². The van der Waals surface area contributed by atoms with Crippen LogP contribution < -0.4 is 0 Å². The van der Waals surface area contributed by atoms with Crippen LogP contribution in [0.15, 0.2) is 42.0 Å². The Labute approximate surface area is 249 Å². The van der Waals surface area contributed by atoms with Gasteiger partial charge >= 0.3 is 6.09 Å². The number of ether oxygens (including phenoxy) is 1. The van der Waals surface area contributed by atoms with E-state index >= 15 is 0 Å². The third-order valence-corrected chi connectivity index (χ3v) is 13.2. The third kappa shape index (κ3) is 3.75. The van der Waals surface area contributed by atoms with Gasteiger partial charge in [0.2, 0.25) is 0 Å². The maximum absolute atomic E-state index is 14.6. The molecule has 3 fully saturated rings. The molecule has 0 spiro atoms. The van der Waals surface area contributed by atoms with E-state index in [1.165, 1.54) is 10.9 Å². The number of imidazole rings is 1. The van der Waals surface area contributed by atoms with Gasteiger partial charge in [-0.2, -0.15) is 5.26 Å². The van der Waals surface area contributed by atoms with Gasteiger partial charge in [0.15, 0.2) is 11.6 Å². The second kappa shape index (κ2) is 9.00. The number of hydrogen-bond acceptors (Lipinski definition) is 6. The number of carbonyl (C=O) groups is 3. The number of nitriles is 1. The highest BCUT2D eigenvalue weighted by atomic mass is 16.5. The zero-order chi connectivity index (χ0) is 30.5. The van der Waals surface area contributed by atoms with E-state index < -0.39 is 16.9 Å². The number of fused-ring (bicyclic) bond motifs is 7. The standard InChI is InChI=1S/C35H45N3O4/c1-30(2)10-12-35(20-42-29(41)38-15-14-37-21-38)13-11-34(7)27(23(35)18-30)24(39)16-26-32(5)17-22(19-36)28(40)31(3,4)25(32)8-9-33(26,34)6/h14-17,21,23,25,27H,8-13,18,20H2,1-7H3/t23-,25-,27-,32-,33+,34+,35+/m0/s1. The molecule has 0 unspecified atom stereocenters. The summed E-state index contributed by atoms with van der Waals surface area (Å²) in [6.45, 7) is 15.7. The van der Waals surface area contributed by atoms with Crippen molar-refractivity contribution in [3.63, 3.8) is 0 Å². The molecule has 0 bridgehead atoms. The van der Waals surface area contributed by atoms with E-state index in [0.29, 0.717) is 6.61 Å². The number of Topliss-reactive ketones (excluding diaryl/α,β-unsaturated/α-hetero) is 1. The predicted octanol–water partition coefficient (Wildman–Crippen LogP) is 7.09. The monoisotopic (exact) mass is 571 g/mol. The molecular formula is C35H45N3O4.